The predicted molar refractivity (Wildman–Crippen MR) is 113 cm³/mol. The molecule has 0 spiro atoms. The predicted octanol–water partition coefficient (Wildman–Crippen LogP) is 3.85. The van der Waals surface area contributed by atoms with Crippen LogP contribution >= 0.6 is 0 Å². The Morgan fingerprint density at radius 2 is 1.59 bits per heavy atom. The summed E-state index contributed by atoms with van der Waals surface area (Å²) in [5.41, 5.74) is 1.24. The summed E-state index contributed by atoms with van der Waals surface area (Å²) in [4.78, 5) is 26.2. The molecule has 1 aromatic carbocycles. The fraction of sp³-hybridized carbons (Fsp3) is 0.500. The summed E-state index contributed by atoms with van der Waals surface area (Å²) < 4.78 is 13.7. The molecule has 0 atom stereocenters. The highest BCUT2D eigenvalue weighted by molar-refractivity contribution is 5.92. The first kappa shape index (κ1) is 19.6. The minimum atomic E-state index is -0.403. The number of carbonyl (C=O) groups is 1. The molecule has 7 heteroatoms. The van der Waals surface area contributed by atoms with Crippen LogP contribution in [0.5, 0.6) is 0 Å². The van der Waals surface area contributed by atoms with Crippen molar-refractivity contribution in [3.05, 3.63) is 42.5 Å². The number of amides is 1. The number of nitrogens with zero attached hydrogens (tertiary/aromatic N) is 4. The van der Waals surface area contributed by atoms with Gasteiger partial charge in [-0.05, 0) is 37.8 Å². The van der Waals surface area contributed by atoms with Gasteiger partial charge in [-0.1, -0.05) is 25.0 Å². The molecule has 1 N–H and O–H groups in total. The van der Waals surface area contributed by atoms with Gasteiger partial charge in [0.2, 0.25) is 11.9 Å². The van der Waals surface area contributed by atoms with Crippen LogP contribution in [0.15, 0.2) is 36.7 Å². The zero-order chi connectivity index (χ0) is 20.1. The van der Waals surface area contributed by atoms with E-state index in [0.717, 1.165) is 50.7 Å². The second-order valence-electron chi connectivity index (χ2n) is 7.87. The monoisotopic (exact) mass is 397 g/mol. The number of anilines is 3. The van der Waals surface area contributed by atoms with Gasteiger partial charge in [-0.3, -0.25) is 4.79 Å². The normalized spacial score (nSPS) is 18.4. The maximum absolute atomic E-state index is 13.7. The number of hydrogen-bond acceptors (Lipinski definition) is 5. The zero-order valence-corrected chi connectivity index (χ0v) is 16.7. The van der Waals surface area contributed by atoms with E-state index in [4.69, 9.17) is 0 Å². The summed E-state index contributed by atoms with van der Waals surface area (Å²) in [6, 6.07) is 6.28. The Morgan fingerprint density at radius 3 is 2.24 bits per heavy atom. The SMILES string of the molecule is O=C(Nc1ccccc1F)C1CCN(c2cnc(N3CCCCCC3)nc2)CC1. The third-order valence-electron chi connectivity index (χ3n) is 5.88. The molecule has 0 bridgehead atoms. The molecule has 1 aromatic heterocycles. The molecule has 1 amide bonds. The molecule has 29 heavy (non-hydrogen) atoms. The van der Waals surface area contributed by atoms with Gasteiger partial charge in [0.05, 0.1) is 23.8 Å². The second-order valence-corrected chi connectivity index (χ2v) is 7.87. The fourth-order valence-electron chi connectivity index (χ4n) is 4.11. The number of halogens is 1. The Bertz CT molecular complexity index is 812. The standard InChI is InChI=1S/C22H28FN5O/c23-19-7-3-4-8-20(19)26-21(29)17-9-13-27(14-10-17)18-15-24-22(25-16-18)28-11-5-1-2-6-12-28/h3-4,7-8,15-17H,1-2,5-6,9-14H2,(H,26,29). The van der Waals surface area contributed by atoms with Crippen LogP contribution in [0.3, 0.4) is 0 Å². The number of benzene rings is 1. The number of aromatic nitrogens is 2. The molecule has 6 nitrogen and oxygen atoms in total. The third kappa shape index (κ3) is 4.83. The lowest BCUT2D eigenvalue weighted by molar-refractivity contribution is -0.120. The van der Waals surface area contributed by atoms with E-state index in [1.54, 1.807) is 18.2 Å². The average Bonchev–Trinajstić information content (AvgIpc) is 3.05. The molecular formula is C22H28FN5O. The van der Waals surface area contributed by atoms with Crippen molar-refractivity contribution in [3.63, 3.8) is 0 Å². The van der Waals surface area contributed by atoms with Crippen LogP contribution in [-0.4, -0.2) is 42.1 Å². The summed E-state index contributed by atoms with van der Waals surface area (Å²) in [5, 5.41) is 2.72. The first-order valence-electron chi connectivity index (χ1n) is 10.6. The molecule has 0 saturated carbocycles. The Labute approximate surface area is 171 Å². The lowest BCUT2D eigenvalue weighted by atomic mass is 9.95. The minimum Gasteiger partial charge on any atom is -0.369 e. The van der Waals surface area contributed by atoms with Crippen molar-refractivity contribution in [2.75, 3.05) is 41.3 Å². The summed E-state index contributed by atoms with van der Waals surface area (Å²) in [6.07, 6.45) is 10.2. The Kier molecular flexibility index (Phi) is 6.22. The van der Waals surface area contributed by atoms with E-state index < -0.39 is 5.82 Å². The van der Waals surface area contributed by atoms with E-state index >= 15 is 0 Å². The van der Waals surface area contributed by atoms with E-state index in [9.17, 15) is 9.18 Å². The molecule has 0 aliphatic carbocycles. The molecule has 0 unspecified atom stereocenters. The maximum atomic E-state index is 13.7. The molecular weight excluding hydrogens is 369 g/mol. The van der Waals surface area contributed by atoms with Gasteiger partial charge in [0.15, 0.2) is 0 Å². The van der Waals surface area contributed by atoms with Gasteiger partial charge in [-0.2, -0.15) is 0 Å². The van der Waals surface area contributed by atoms with Crippen molar-refractivity contribution < 1.29 is 9.18 Å². The second kappa shape index (κ2) is 9.20. The number of piperidine rings is 1. The molecule has 2 aromatic rings. The lowest BCUT2D eigenvalue weighted by Gasteiger charge is -2.32. The van der Waals surface area contributed by atoms with Crippen LogP contribution in [0, 0.1) is 11.7 Å². The fourth-order valence-corrected chi connectivity index (χ4v) is 4.11. The third-order valence-corrected chi connectivity index (χ3v) is 5.88. The lowest BCUT2D eigenvalue weighted by Crippen LogP contribution is -2.38. The molecule has 2 aliphatic rings. The van der Waals surface area contributed by atoms with Gasteiger partial charge < -0.3 is 15.1 Å². The number of para-hydroxylation sites is 1. The smallest absolute Gasteiger partial charge is 0.227 e. The van der Waals surface area contributed by atoms with E-state index in [0.29, 0.717) is 0 Å². The highest BCUT2D eigenvalue weighted by Crippen LogP contribution is 2.25. The topological polar surface area (TPSA) is 61.4 Å². The van der Waals surface area contributed by atoms with Crippen molar-refractivity contribution in [2.24, 2.45) is 5.92 Å². The minimum absolute atomic E-state index is 0.108. The zero-order valence-electron chi connectivity index (χ0n) is 16.7. The molecule has 154 valence electrons. The van der Waals surface area contributed by atoms with Crippen molar-refractivity contribution >= 4 is 23.2 Å². The number of nitrogens with one attached hydrogen (secondary N) is 1. The largest absolute Gasteiger partial charge is 0.369 e. The summed E-state index contributed by atoms with van der Waals surface area (Å²) in [5.74, 6) is 0.195. The first-order valence-corrected chi connectivity index (χ1v) is 10.6. The molecule has 2 fully saturated rings. The van der Waals surface area contributed by atoms with Gasteiger partial charge >= 0.3 is 0 Å². The van der Waals surface area contributed by atoms with Crippen LogP contribution in [0.4, 0.5) is 21.7 Å². The average molecular weight is 397 g/mol. The van der Waals surface area contributed by atoms with Gasteiger partial charge in [0.25, 0.3) is 0 Å². The highest BCUT2D eigenvalue weighted by atomic mass is 19.1. The van der Waals surface area contributed by atoms with Crippen LogP contribution in [-0.2, 0) is 4.79 Å². The van der Waals surface area contributed by atoms with Crippen molar-refractivity contribution in [2.45, 2.75) is 38.5 Å². The quantitative estimate of drug-likeness (QED) is 0.849. The summed E-state index contributed by atoms with van der Waals surface area (Å²) in [6.45, 7) is 3.59. The van der Waals surface area contributed by atoms with Crippen LogP contribution in [0.1, 0.15) is 38.5 Å². The number of carbonyl (C=O) groups excluding carboxylic acids is 1. The summed E-state index contributed by atoms with van der Waals surface area (Å²) in [7, 11) is 0. The van der Waals surface area contributed by atoms with E-state index in [1.165, 1.54) is 31.7 Å². The van der Waals surface area contributed by atoms with E-state index in [-0.39, 0.29) is 17.5 Å². The van der Waals surface area contributed by atoms with E-state index in [2.05, 4.69) is 25.1 Å². The van der Waals surface area contributed by atoms with Gasteiger partial charge in [0, 0.05) is 32.1 Å². The van der Waals surface area contributed by atoms with Crippen LogP contribution in [0.25, 0.3) is 0 Å². The van der Waals surface area contributed by atoms with Gasteiger partial charge in [-0.25, -0.2) is 14.4 Å². The molecule has 3 heterocycles. The summed E-state index contributed by atoms with van der Waals surface area (Å²) >= 11 is 0. The molecule has 2 aliphatic heterocycles. The van der Waals surface area contributed by atoms with Gasteiger partial charge in [0.1, 0.15) is 5.82 Å². The van der Waals surface area contributed by atoms with Gasteiger partial charge in [-0.15, -0.1) is 0 Å². The first-order chi connectivity index (χ1) is 14.2. The highest BCUT2D eigenvalue weighted by Gasteiger charge is 2.26. The Morgan fingerprint density at radius 1 is 0.931 bits per heavy atom. The number of rotatable bonds is 4. The Balaban J connectivity index is 1.31. The molecule has 4 rings (SSSR count). The van der Waals surface area contributed by atoms with Crippen molar-refractivity contribution in [1.29, 1.82) is 0 Å². The maximum Gasteiger partial charge on any atom is 0.227 e. The van der Waals surface area contributed by atoms with Crippen molar-refractivity contribution in [1.82, 2.24) is 9.97 Å². The van der Waals surface area contributed by atoms with Crippen molar-refractivity contribution in [3.8, 4) is 0 Å². The Hall–Kier alpha value is -2.70. The molecule has 0 radical (unpaired) electrons. The molecule has 2 saturated heterocycles. The van der Waals surface area contributed by atoms with Crippen LogP contribution in [0.2, 0.25) is 0 Å². The number of hydrogen-bond donors (Lipinski definition) is 1. The van der Waals surface area contributed by atoms with E-state index in [1.807, 2.05) is 12.4 Å². The van der Waals surface area contributed by atoms with Crippen LogP contribution < -0.4 is 15.1 Å².